The second kappa shape index (κ2) is 10.0. The standard InChI is InChI=1S/C21H18ClN7O.C2H6/c1-12(23)30-19(25)16-8-9-17-21(27-16)29(14-6-4-13(11-22)5-7-14)20(28-17)15-3-2-10-26-18(15)24;1-2/h2-10,23,25H,11H2,1H3,(H2,24,26);1-2H3. The molecular weight excluding hydrogens is 426 g/mol. The Labute approximate surface area is 191 Å². The summed E-state index contributed by atoms with van der Waals surface area (Å²) in [5.41, 5.74) is 10.0. The Balaban J connectivity index is 0.00000141. The summed E-state index contributed by atoms with van der Waals surface area (Å²) in [6, 6.07) is 14.7. The number of ether oxygens (including phenoxy) is 1. The summed E-state index contributed by atoms with van der Waals surface area (Å²) in [5.74, 6) is 1.04. The van der Waals surface area contributed by atoms with Crippen LogP contribution in [0.2, 0.25) is 0 Å². The van der Waals surface area contributed by atoms with Crippen molar-refractivity contribution >= 4 is 40.4 Å². The highest BCUT2D eigenvalue weighted by atomic mass is 35.5. The summed E-state index contributed by atoms with van der Waals surface area (Å²) in [5, 5.41) is 15.5. The fourth-order valence-corrected chi connectivity index (χ4v) is 3.23. The molecule has 0 amide bonds. The number of imidazole rings is 1. The van der Waals surface area contributed by atoms with Crippen molar-refractivity contribution in [2.24, 2.45) is 0 Å². The van der Waals surface area contributed by atoms with Gasteiger partial charge in [0.25, 0.3) is 0 Å². The first-order valence-corrected chi connectivity index (χ1v) is 10.6. The molecule has 1 aromatic carbocycles. The minimum absolute atomic E-state index is 0.0871. The molecule has 0 saturated carbocycles. The van der Waals surface area contributed by atoms with Crippen LogP contribution in [0.3, 0.4) is 0 Å². The topological polar surface area (TPSA) is 127 Å². The lowest BCUT2D eigenvalue weighted by Gasteiger charge is -2.11. The Hall–Kier alpha value is -3.78. The Bertz CT molecular complexity index is 1270. The zero-order valence-corrected chi connectivity index (χ0v) is 18.8. The number of pyridine rings is 2. The van der Waals surface area contributed by atoms with Gasteiger partial charge in [0.15, 0.2) is 17.4 Å². The summed E-state index contributed by atoms with van der Waals surface area (Å²) >= 11 is 5.93. The molecule has 3 heterocycles. The largest absolute Gasteiger partial charge is 0.424 e. The number of nitrogens with zero attached hydrogens (tertiary/aromatic N) is 4. The molecule has 0 fully saturated rings. The van der Waals surface area contributed by atoms with E-state index >= 15 is 0 Å². The van der Waals surface area contributed by atoms with Gasteiger partial charge in [0.05, 0.1) is 5.56 Å². The summed E-state index contributed by atoms with van der Waals surface area (Å²) < 4.78 is 6.96. The normalized spacial score (nSPS) is 10.4. The molecule has 3 aromatic heterocycles. The Kier molecular flexibility index (Phi) is 7.17. The van der Waals surface area contributed by atoms with Crippen LogP contribution in [0.4, 0.5) is 5.82 Å². The zero-order valence-electron chi connectivity index (χ0n) is 18.1. The van der Waals surface area contributed by atoms with Gasteiger partial charge in [0.1, 0.15) is 17.0 Å². The highest BCUT2D eigenvalue weighted by Gasteiger charge is 2.19. The minimum Gasteiger partial charge on any atom is -0.424 e. The summed E-state index contributed by atoms with van der Waals surface area (Å²) in [6.45, 7) is 5.46. The van der Waals surface area contributed by atoms with Gasteiger partial charge in [0, 0.05) is 24.7 Å². The van der Waals surface area contributed by atoms with Crippen molar-refractivity contribution in [3.63, 3.8) is 0 Å². The van der Waals surface area contributed by atoms with Crippen LogP contribution in [0.25, 0.3) is 28.2 Å². The molecule has 0 aliphatic heterocycles. The lowest BCUT2D eigenvalue weighted by atomic mass is 10.2. The van der Waals surface area contributed by atoms with Gasteiger partial charge in [-0.3, -0.25) is 15.4 Å². The molecule has 9 heteroatoms. The third-order valence-electron chi connectivity index (χ3n) is 4.42. The van der Waals surface area contributed by atoms with Crippen molar-refractivity contribution in [2.45, 2.75) is 26.7 Å². The second-order valence-corrected chi connectivity index (χ2v) is 6.80. The van der Waals surface area contributed by atoms with Crippen LogP contribution in [0.1, 0.15) is 32.0 Å². The lowest BCUT2D eigenvalue weighted by Crippen LogP contribution is -2.11. The van der Waals surface area contributed by atoms with Crippen LogP contribution in [0.15, 0.2) is 54.7 Å². The number of fused-ring (bicyclic) bond motifs is 1. The average molecular weight is 450 g/mol. The van der Waals surface area contributed by atoms with Gasteiger partial charge in [-0.2, -0.15) is 0 Å². The smallest absolute Gasteiger partial charge is 0.239 e. The molecule has 0 spiro atoms. The van der Waals surface area contributed by atoms with Crippen LogP contribution in [0, 0.1) is 10.8 Å². The number of nitrogens with two attached hydrogens (primary N) is 1. The lowest BCUT2D eigenvalue weighted by molar-refractivity contribution is 0.530. The predicted octanol–water partition coefficient (Wildman–Crippen LogP) is 5.17. The maximum atomic E-state index is 8.07. The molecule has 0 unspecified atom stereocenters. The van der Waals surface area contributed by atoms with Crippen molar-refractivity contribution in [3.05, 3.63) is 66.0 Å². The van der Waals surface area contributed by atoms with Gasteiger partial charge >= 0.3 is 0 Å². The number of anilines is 1. The van der Waals surface area contributed by atoms with E-state index in [9.17, 15) is 0 Å². The molecule has 0 atom stereocenters. The SMILES string of the molecule is CC.CC(=N)OC(=N)c1ccc2nc(-c3cccnc3N)n(-c3ccc(CCl)cc3)c2n1. The third-order valence-corrected chi connectivity index (χ3v) is 4.73. The number of alkyl halides is 1. The van der Waals surface area contributed by atoms with E-state index in [1.807, 2.05) is 48.7 Å². The van der Waals surface area contributed by atoms with E-state index in [2.05, 4.69) is 9.97 Å². The summed E-state index contributed by atoms with van der Waals surface area (Å²) in [4.78, 5) is 13.5. The van der Waals surface area contributed by atoms with Crippen molar-refractivity contribution < 1.29 is 4.74 Å². The van der Waals surface area contributed by atoms with E-state index in [0.29, 0.717) is 39.9 Å². The third kappa shape index (κ3) is 4.60. The Morgan fingerprint density at radius 1 is 1.06 bits per heavy atom. The van der Waals surface area contributed by atoms with Crippen LogP contribution >= 0.6 is 11.6 Å². The molecule has 4 rings (SSSR count). The van der Waals surface area contributed by atoms with Crippen LogP contribution < -0.4 is 5.73 Å². The van der Waals surface area contributed by atoms with Gasteiger partial charge in [-0.15, -0.1) is 11.6 Å². The maximum absolute atomic E-state index is 8.07. The van der Waals surface area contributed by atoms with Gasteiger partial charge in [-0.1, -0.05) is 26.0 Å². The number of hydrogen-bond acceptors (Lipinski definition) is 7. The molecule has 32 heavy (non-hydrogen) atoms. The molecule has 8 nitrogen and oxygen atoms in total. The molecular formula is C23H24ClN7O. The average Bonchev–Trinajstić information content (AvgIpc) is 3.18. The van der Waals surface area contributed by atoms with Crippen LogP contribution in [-0.4, -0.2) is 31.3 Å². The molecule has 0 saturated heterocycles. The van der Waals surface area contributed by atoms with E-state index in [1.165, 1.54) is 6.92 Å². The Morgan fingerprint density at radius 2 is 1.78 bits per heavy atom. The van der Waals surface area contributed by atoms with Crippen molar-refractivity contribution in [3.8, 4) is 17.1 Å². The van der Waals surface area contributed by atoms with E-state index in [1.54, 1.807) is 24.4 Å². The molecule has 0 radical (unpaired) electrons. The molecule has 4 N–H and O–H groups in total. The highest BCUT2D eigenvalue weighted by molar-refractivity contribution is 6.17. The van der Waals surface area contributed by atoms with Crippen LogP contribution in [-0.2, 0) is 10.6 Å². The minimum atomic E-state index is -0.211. The number of rotatable bonds is 4. The number of nitrogen functional groups attached to an aromatic ring is 1. The number of hydrogen-bond donors (Lipinski definition) is 3. The zero-order chi connectivity index (χ0) is 23.3. The molecule has 164 valence electrons. The summed E-state index contributed by atoms with van der Waals surface area (Å²) in [7, 11) is 0. The first-order valence-electron chi connectivity index (χ1n) is 10.1. The fourth-order valence-electron chi connectivity index (χ4n) is 3.06. The molecule has 0 bridgehead atoms. The first-order chi connectivity index (χ1) is 15.5. The molecule has 0 aliphatic carbocycles. The molecule has 4 aromatic rings. The predicted molar refractivity (Wildman–Crippen MR) is 129 cm³/mol. The van der Waals surface area contributed by atoms with E-state index in [-0.39, 0.29) is 11.8 Å². The number of benzene rings is 1. The fraction of sp³-hybridized carbons (Fsp3) is 0.174. The highest BCUT2D eigenvalue weighted by Crippen LogP contribution is 2.30. The summed E-state index contributed by atoms with van der Waals surface area (Å²) in [6.07, 6.45) is 1.62. The maximum Gasteiger partial charge on any atom is 0.239 e. The number of aromatic nitrogens is 4. The monoisotopic (exact) mass is 449 g/mol. The number of halogens is 1. The van der Waals surface area contributed by atoms with Crippen molar-refractivity contribution in [2.75, 3.05) is 5.73 Å². The van der Waals surface area contributed by atoms with Crippen molar-refractivity contribution in [1.29, 1.82) is 10.8 Å². The van der Waals surface area contributed by atoms with Crippen molar-refractivity contribution in [1.82, 2.24) is 19.5 Å². The van der Waals surface area contributed by atoms with E-state index < -0.39 is 0 Å². The van der Waals surface area contributed by atoms with Crippen LogP contribution in [0.5, 0.6) is 0 Å². The van der Waals surface area contributed by atoms with Gasteiger partial charge in [-0.25, -0.2) is 15.0 Å². The van der Waals surface area contributed by atoms with E-state index in [4.69, 9.17) is 37.9 Å². The molecule has 0 aliphatic rings. The van der Waals surface area contributed by atoms with Gasteiger partial charge in [0.2, 0.25) is 5.90 Å². The quantitative estimate of drug-likeness (QED) is 0.225. The second-order valence-electron chi connectivity index (χ2n) is 6.53. The van der Waals surface area contributed by atoms with Gasteiger partial charge in [-0.05, 0) is 42.0 Å². The van der Waals surface area contributed by atoms with Gasteiger partial charge < -0.3 is 10.5 Å². The van der Waals surface area contributed by atoms with E-state index in [0.717, 1.165) is 11.3 Å². The Morgan fingerprint density at radius 3 is 2.41 bits per heavy atom. The number of nitrogens with one attached hydrogen (secondary N) is 2. The first kappa shape index (κ1) is 22.9.